The van der Waals surface area contributed by atoms with E-state index in [-0.39, 0.29) is 0 Å². The molecule has 0 bridgehead atoms. The van der Waals surface area contributed by atoms with E-state index < -0.39 is 0 Å². The van der Waals surface area contributed by atoms with Gasteiger partial charge >= 0.3 is 0 Å². The zero-order valence-electron chi connectivity index (χ0n) is 7.72. The van der Waals surface area contributed by atoms with Crippen LogP contribution in [0.15, 0.2) is 36.7 Å². The highest BCUT2D eigenvalue weighted by molar-refractivity contribution is 5.00. The largest absolute Gasteiger partial charge is 0.405 e. The molecule has 2 nitrogen and oxygen atoms in total. The fourth-order valence-corrected chi connectivity index (χ4v) is 0.797. The molecule has 0 amide bonds. The molecule has 0 aromatic carbocycles. The van der Waals surface area contributed by atoms with Gasteiger partial charge in [-0.05, 0) is 31.5 Å². The molecule has 0 saturated carbocycles. The number of nitrogens with two attached hydrogens (primary N) is 1. The van der Waals surface area contributed by atoms with Crippen molar-refractivity contribution in [3.05, 3.63) is 36.7 Å². The van der Waals surface area contributed by atoms with Gasteiger partial charge < -0.3 is 11.1 Å². The van der Waals surface area contributed by atoms with Gasteiger partial charge in [0.1, 0.15) is 0 Å². The second-order valence-electron chi connectivity index (χ2n) is 2.56. The molecule has 0 rings (SSSR count). The molecule has 2 heteroatoms. The fraction of sp³-hybridized carbons (Fsp3) is 0.400. The molecule has 0 heterocycles. The Morgan fingerprint density at radius 2 is 2.25 bits per heavy atom. The van der Waals surface area contributed by atoms with E-state index in [9.17, 15) is 0 Å². The van der Waals surface area contributed by atoms with Crippen LogP contribution in [0.3, 0.4) is 0 Å². The van der Waals surface area contributed by atoms with Crippen molar-refractivity contribution in [3.8, 4) is 0 Å². The molecule has 0 saturated heterocycles. The second-order valence-corrected chi connectivity index (χ2v) is 2.56. The Hall–Kier alpha value is -1.18. The summed E-state index contributed by atoms with van der Waals surface area (Å²) in [5.74, 6) is 0. The third-order valence-corrected chi connectivity index (χ3v) is 1.56. The molecule has 12 heavy (non-hydrogen) atoms. The van der Waals surface area contributed by atoms with Crippen LogP contribution in [-0.2, 0) is 0 Å². The maximum atomic E-state index is 5.16. The van der Waals surface area contributed by atoms with Crippen LogP contribution >= 0.6 is 0 Å². The first-order chi connectivity index (χ1) is 5.81. The maximum absolute atomic E-state index is 5.16. The Bertz CT molecular complexity index is 169. The summed E-state index contributed by atoms with van der Waals surface area (Å²) in [5.41, 5.74) is 6.25. The average Bonchev–Trinajstić information content (AvgIpc) is 2.10. The summed E-state index contributed by atoms with van der Waals surface area (Å²) < 4.78 is 0. The molecule has 0 atom stereocenters. The highest BCUT2D eigenvalue weighted by Crippen LogP contribution is 2.01. The maximum Gasteiger partial charge on any atom is 0.00311 e. The van der Waals surface area contributed by atoms with Crippen LogP contribution < -0.4 is 11.1 Å². The lowest BCUT2D eigenvalue weighted by Gasteiger charge is -2.01. The first-order valence-corrected chi connectivity index (χ1v) is 4.20. The van der Waals surface area contributed by atoms with Crippen LogP contribution in [0.5, 0.6) is 0 Å². The summed E-state index contributed by atoms with van der Waals surface area (Å²) >= 11 is 0. The Morgan fingerprint density at radius 1 is 1.50 bits per heavy atom. The molecule has 0 unspecified atom stereocenters. The van der Waals surface area contributed by atoms with Crippen molar-refractivity contribution in [1.29, 1.82) is 0 Å². The number of hydrogen-bond acceptors (Lipinski definition) is 2. The molecule has 0 aromatic rings. The molecule has 0 aromatic heterocycles. The predicted octanol–water partition coefficient (Wildman–Crippen LogP) is 1.92. The first kappa shape index (κ1) is 10.8. The monoisotopic (exact) mass is 166 g/mol. The SMILES string of the molecule is C=C(CCC/C=C\C=C/N)NC. The van der Waals surface area contributed by atoms with Crippen LogP contribution in [0.1, 0.15) is 19.3 Å². The van der Waals surface area contributed by atoms with Crippen LogP contribution in [0.4, 0.5) is 0 Å². The van der Waals surface area contributed by atoms with Gasteiger partial charge in [0.05, 0.1) is 0 Å². The normalized spacial score (nSPS) is 11.1. The molecule has 0 spiro atoms. The minimum Gasteiger partial charge on any atom is -0.405 e. The second kappa shape index (κ2) is 7.92. The number of nitrogens with one attached hydrogen (secondary N) is 1. The van der Waals surface area contributed by atoms with E-state index in [0.29, 0.717) is 0 Å². The quantitative estimate of drug-likeness (QED) is 0.467. The predicted molar refractivity (Wildman–Crippen MR) is 54.5 cm³/mol. The Kier molecular flexibility index (Phi) is 7.14. The van der Waals surface area contributed by atoms with Gasteiger partial charge in [-0.25, -0.2) is 0 Å². The molecule has 0 aliphatic heterocycles. The van der Waals surface area contributed by atoms with E-state index in [1.807, 2.05) is 19.2 Å². The fourth-order valence-electron chi connectivity index (χ4n) is 0.797. The lowest BCUT2D eigenvalue weighted by molar-refractivity contribution is 0.778. The van der Waals surface area contributed by atoms with Crippen molar-refractivity contribution in [1.82, 2.24) is 5.32 Å². The first-order valence-electron chi connectivity index (χ1n) is 4.20. The summed E-state index contributed by atoms with van der Waals surface area (Å²) in [5, 5.41) is 3.01. The third-order valence-electron chi connectivity index (χ3n) is 1.56. The minimum absolute atomic E-state index is 1.03. The van der Waals surface area contributed by atoms with Crippen molar-refractivity contribution >= 4 is 0 Å². The third kappa shape index (κ3) is 6.93. The Labute approximate surface area is 74.8 Å². The van der Waals surface area contributed by atoms with Gasteiger partial charge in [-0.2, -0.15) is 0 Å². The molecule has 0 aliphatic carbocycles. The van der Waals surface area contributed by atoms with Gasteiger partial charge in [-0.15, -0.1) is 0 Å². The van der Waals surface area contributed by atoms with E-state index in [0.717, 1.165) is 25.0 Å². The molecular weight excluding hydrogens is 148 g/mol. The lowest BCUT2D eigenvalue weighted by Crippen LogP contribution is -2.03. The van der Waals surface area contributed by atoms with Crippen LogP contribution in [0.2, 0.25) is 0 Å². The van der Waals surface area contributed by atoms with E-state index >= 15 is 0 Å². The van der Waals surface area contributed by atoms with E-state index in [2.05, 4.69) is 18.0 Å². The number of unbranched alkanes of at least 4 members (excludes halogenated alkanes) is 1. The van der Waals surface area contributed by atoms with Crippen molar-refractivity contribution in [2.45, 2.75) is 19.3 Å². The summed E-state index contributed by atoms with van der Waals surface area (Å²) in [4.78, 5) is 0. The average molecular weight is 166 g/mol. The minimum atomic E-state index is 1.03. The van der Waals surface area contributed by atoms with E-state index in [4.69, 9.17) is 5.73 Å². The molecule has 0 fully saturated rings. The zero-order chi connectivity index (χ0) is 9.23. The van der Waals surface area contributed by atoms with Gasteiger partial charge in [0.15, 0.2) is 0 Å². The molecular formula is C10H18N2. The highest BCUT2D eigenvalue weighted by atomic mass is 14.8. The number of hydrogen-bond donors (Lipinski definition) is 2. The van der Waals surface area contributed by atoms with Crippen molar-refractivity contribution in [2.24, 2.45) is 5.73 Å². The van der Waals surface area contributed by atoms with Crippen molar-refractivity contribution in [3.63, 3.8) is 0 Å². The highest BCUT2D eigenvalue weighted by Gasteiger charge is 1.87. The smallest absolute Gasteiger partial charge is 0.00311 e. The van der Waals surface area contributed by atoms with Crippen LogP contribution in [0, 0.1) is 0 Å². The summed E-state index contributed by atoms with van der Waals surface area (Å²) in [7, 11) is 1.90. The van der Waals surface area contributed by atoms with Crippen LogP contribution in [0.25, 0.3) is 0 Å². The Balaban J connectivity index is 3.26. The van der Waals surface area contributed by atoms with Gasteiger partial charge in [0, 0.05) is 12.7 Å². The molecule has 3 N–H and O–H groups in total. The zero-order valence-corrected chi connectivity index (χ0v) is 7.72. The summed E-state index contributed by atoms with van der Waals surface area (Å²) in [6.45, 7) is 3.84. The number of allylic oxidation sites excluding steroid dienone is 4. The van der Waals surface area contributed by atoms with E-state index in [1.54, 1.807) is 0 Å². The van der Waals surface area contributed by atoms with Gasteiger partial charge in [-0.1, -0.05) is 18.7 Å². The topological polar surface area (TPSA) is 38.0 Å². The van der Waals surface area contributed by atoms with Gasteiger partial charge in [-0.3, -0.25) is 0 Å². The van der Waals surface area contributed by atoms with Crippen LogP contribution in [-0.4, -0.2) is 7.05 Å². The summed E-state index contributed by atoms with van der Waals surface area (Å²) in [6.07, 6.45) is 10.7. The molecule has 68 valence electrons. The Morgan fingerprint density at radius 3 is 2.83 bits per heavy atom. The molecule has 0 aliphatic rings. The standard InChI is InChI=1S/C10H18N2/c1-10(12-2)8-6-4-3-5-7-9-11/h3,5,7,9,12H,1,4,6,8,11H2,2H3/b5-3-,9-7-. The van der Waals surface area contributed by atoms with Gasteiger partial charge in [0.25, 0.3) is 0 Å². The lowest BCUT2D eigenvalue weighted by atomic mass is 10.2. The van der Waals surface area contributed by atoms with Gasteiger partial charge in [0.2, 0.25) is 0 Å². The van der Waals surface area contributed by atoms with Crippen molar-refractivity contribution in [2.75, 3.05) is 7.05 Å². The van der Waals surface area contributed by atoms with E-state index in [1.165, 1.54) is 6.20 Å². The van der Waals surface area contributed by atoms with Crippen molar-refractivity contribution < 1.29 is 0 Å². The summed E-state index contributed by atoms with van der Waals surface area (Å²) in [6, 6.07) is 0. The number of rotatable bonds is 6. The molecule has 0 radical (unpaired) electrons.